The number of hydrogen-bond acceptors (Lipinski definition) is 2. The van der Waals surface area contributed by atoms with Crippen molar-refractivity contribution in [2.45, 2.75) is 39.2 Å². The minimum absolute atomic E-state index is 0.105. The summed E-state index contributed by atoms with van der Waals surface area (Å²) in [7, 11) is 0. The van der Waals surface area contributed by atoms with Gasteiger partial charge in [0.05, 0.1) is 5.41 Å². The highest BCUT2D eigenvalue weighted by Gasteiger charge is 2.42. The molecule has 1 saturated carbocycles. The van der Waals surface area contributed by atoms with Gasteiger partial charge in [0, 0.05) is 19.1 Å². The van der Waals surface area contributed by atoms with E-state index in [2.05, 4.69) is 12.2 Å². The molecule has 1 saturated heterocycles. The van der Waals surface area contributed by atoms with Crippen LogP contribution in [-0.4, -0.2) is 41.1 Å². The van der Waals surface area contributed by atoms with E-state index < -0.39 is 11.4 Å². The van der Waals surface area contributed by atoms with Crippen LogP contribution in [0.5, 0.6) is 0 Å². The summed E-state index contributed by atoms with van der Waals surface area (Å²) in [6, 6.07) is 0.172. The normalized spacial score (nSPS) is 36.5. The van der Waals surface area contributed by atoms with Crippen LogP contribution in [0.2, 0.25) is 0 Å². The summed E-state index contributed by atoms with van der Waals surface area (Å²) in [5, 5.41) is 12.1. The van der Waals surface area contributed by atoms with Gasteiger partial charge in [0.1, 0.15) is 0 Å². The van der Waals surface area contributed by atoms with Gasteiger partial charge in [0.15, 0.2) is 0 Å². The Morgan fingerprint density at radius 2 is 2.12 bits per heavy atom. The van der Waals surface area contributed by atoms with E-state index in [1.165, 1.54) is 0 Å². The summed E-state index contributed by atoms with van der Waals surface area (Å²) in [6.07, 6.45) is 2.74. The largest absolute Gasteiger partial charge is 0.481 e. The summed E-state index contributed by atoms with van der Waals surface area (Å²) >= 11 is 0. The third kappa shape index (κ3) is 2.23. The van der Waals surface area contributed by atoms with Crippen molar-refractivity contribution in [3.63, 3.8) is 0 Å². The predicted octanol–water partition coefficient (Wildman–Crippen LogP) is 1.29. The Morgan fingerprint density at radius 3 is 2.53 bits per heavy atom. The summed E-state index contributed by atoms with van der Waals surface area (Å²) in [4.78, 5) is 24.6. The average Bonchev–Trinajstić information content (AvgIpc) is 2.68. The quantitative estimate of drug-likeness (QED) is 0.764. The van der Waals surface area contributed by atoms with Crippen molar-refractivity contribution >= 4 is 12.0 Å². The molecule has 17 heavy (non-hydrogen) atoms. The monoisotopic (exact) mass is 240 g/mol. The lowest BCUT2D eigenvalue weighted by Crippen LogP contribution is -2.50. The van der Waals surface area contributed by atoms with Crippen molar-refractivity contribution in [3.05, 3.63) is 0 Å². The van der Waals surface area contributed by atoms with Crippen molar-refractivity contribution in [1.29, 1.82) is 0 Å². The van der Waals surface area contributed by atoms with Crippen LogP contribution in [0.3, 0.4) is 0 Å². The van der Waals surface area contributed by atoms with Crippen molar-refractivity contribution in [3.8, 4) is 0 Å². The van der Waals surface area contributed by atoms with E-state index in [-0.39, 0.29) is 12.1 Å². The zero-order chi connectivity index (χ0) is 12.6. The fraction of sp³-hybridized carbons (Fsp3) is 0.833. The Kier molecular flexibility index (Phi) is 3.02. The Bertz CT molecular complexity index is 345. The Hall–Kier alpha value is -1.26. The maximum atomic E-state index is 11.9. The van der Waals surface area contributed by atoms with Gasteiger partial charge in [-0.1, -0.05) is 6.92 Å². The van der Waals surface area contributed by atoms with Gasteiger partial charge in [-0.05, 0) is 32.1 Å². The topological polar surface area (TPSA) is 69.6 Å². The first kappa shape index (κ1) is 12.2. The number of amides is 2. The Morgan fingerprint density at radius 1 is 1.41 bits per heavy atom. The molecule has 2 N–H and O–H groups in total. The summed E-state index contributed by atoms with van der Waals surface area (Å²) < 4.78 is 0. The number of carboxylic acids is 1. The van der Waals surface area contributed by atoms with Crippen molar-refractivity contribution in [2.75, 3.05) is 13.1 Å². The number of rotatable bonds is 2. The minimum Gasteiger partial charge on any atom is -0.481 e. The molecule has 2 rings (SSSR count). The van der Waals surface area contributed by atoms with Crippen molar-refractivity contribution in [2.24, 2.45) is 11.3 Å². The first-order valence-electron chi connectivity index (χ1n) is 6.21. The van der Waals surface area contributed by atoms with Crippen LogP contribution in [-0.2, 0) is 4.79 Å². The van der Waals surface area contributed by atoms with E-state index >= 15 is 0 Å². The van der Waals surface area contributed by atoms with Crippen LogP contribution in [0.25, 0.3) is 0 Å². The molecule has 3 atom stereocenters. The zero-order valence-corrected chi connectivity index (χ0v) is 10.4. The van der Waals surface area contributed by atoms with Gasteiger partial charge in [-0.25, -0.2) is 4.79 Å². The molecule has 0 bridgehead atoms. The van der Waals surface area contributed by atoms with E-state index in [9.17, 15) is 9.59 Å². The zero-order valence-electron chi connectivity index (χ0n) is 10.4. The van der Waals surface area contributed by atoms with Crippen LogP contribution in [0.1, 0.15) is 33.1 Å². The predicted molar refractivity (Wildman–Crippen MR) is 62.7 cm³/mol. The van der Waals surface area contributed by atoms with Crippen LogP contribution in [0.15, 0.2) is 0 Å². The molecule has 0 aromatic carbocycles. The molecule has 2 aliphatic rings. The van der Waals surface area contributed by atoms with Crippen LogP contribution in [0.4, 0.5) is 4.79 Å². The molecule has 1 aliphatic carbocycles. The number of likely N-dealkylation sites (tertiary alicyclic amines) is 1. The third-order valence-corrected chi connectivity index (χ3v) is 4.21. The number of carboxylic acid groups (broad SMARTS) is 1. The molecule has 0 radical (unpaired) electrons. The molecule has 0 spiro atoms. The van der Waals surface area contributed by atoms with Crippen LogP contribution in [0, 0.1) is 11.3 Å². The molecule has 0 aromatic rings. The molecule has 2 fully saturated rings. The Balaban J connectivity index is 1.88. The minimum atomic E-state index is -0.815. The van der Waals surface area contributed by atoms with E-state index in [0.717, 1.165) is 12.8 Å². The first-order valence-corrected chi connectivity index (χ1v) is 6.21. The highest BCUT2D eigenvalue weighted by molar-refractivity contribution is 5.79. The molecular weight excluding hydrogens is 220 g/mol. The van der Waals surface area contributed by atoms with Crippen LogP contribution < -0.4 is 5.32 Å². The van der Waals surface area contributed by atoms with E-state index in [1.54, 1.807) is 11.8 Å². The third-order valence-electron chi connectivity index (χ3n) is 4.21. The molecule has 0 aromatic heterocycles. The number of carbonyl (C=O) groups excluding carboxylic acids is 1. The lowest BCUT2D eigenvalue weighted by molar-refractivity contribution is -0.147. The number of aliphatic carboxylic acids is 1. The summed E-state index contributed by atoms with van der Waals surface area (Å²) in [6.45, 7) is 4.68. The van der Waals surface area contributed by atoms with E-state index in [4.69, 9.17) is 5.11 Å². The molecule has 96 valence electrons. The maximum absolute atomic E-state index is 11.9. The lowest BCUT2D eigenvalue weighted by atomic mass is 9.81. The van der Waals surface area contributed by atoms with Crippen molar-refractivity contribution in [1.82, 2.24) is 10.2 Å². The van der Waals surface area contributed by atoms with Gasteiger partial charge in [0.2, 0.25) is 0 Å². The second kappa shape index (κ2) is 4.20. The first-order chi connectivity index (χ1) is 7.92. The molecule has 1 aliphatic heterocycles. The maximum Gasteiger partial charge on any atom is 0.317 e. The van der Waals surface area contributed by atoms with Gasteiger partial charge in [-0.15, -0.1) is 0 Å². The molecule has 2 amide bonds. The molecule has 3 unspecified atom stereocenters. The number of nitrogens with zero attached hydrogens (tertiary/aromatic N) is 1. The van der Waals surface area contributed by atoms with Crippen LogP contribution >= 0.6 is 0 Å². The molecule has 5 heteroatoms. The summed E-state index contributed by atoms with van der Waals surface area (Å²) in [5.74, 6) is -0.266. The highest BCUT2D eigenvalue weighted by Crippen LogP contribution is 2.31. The molecule has 5 nitrogen and oxygen atoms in total. The second-order valence-electron chi connectivity index (χ2n) is 5.65. The number of carbonyl (C=O) groups is 2. The van der Waals surface area contributed by atoms with Gasteiger partial charge in [0.25, 0.3) is 0 Å². The molecule has 1 heterocycles. The SMILES string of the molecule is CC1CCC1NC(=O)N1CCC(C)(C(=O)O)C1. The van der Waals surface area contributed by atoms with Gasteiger partial charge in [-0.2, -0.15) is 0 Å². The standard InChI is InChI=1S/C12H20N2O3/c1-8-3-4-9(8)13-11(17)14-6-5-12(2,7-14)10(15)16/h8-9H,3-7H2,1-2H3,(H,13,17)(H,15,16). The molecular formula is C12H20N2O3. The number of nitrogens with one attached hydrogen (secondary N) is 1. The van der Waals surface area contributed by atoms with Gasteiger partial charge < -0.3 is 15.3 Å². The fourth-order valence-corrected chi connectivity index (χ4v) is 2.44. The van der Waals surface area contributed by atoms with Gasteiger partial charge in [-0.3, -0.25) is 4.79 Å². The number of urea groups is 1. The van der Waals surface area contributed by atoms with Gasteiger partial charge >= 0.3 is 12.0 Å². The van der Waals surface area contributed by atoms with E-state index in [1.807, 2.05) is 0 Å². The van der Waals surface area contributed by atoms with Crippen molar-refractivity contribution < 1.29 is 14.7 Å². The second-order valence-corrected chi connectivity index (χ2v) is 5.65. The van der Waals surface area contributed by atoms with E-state index in [0.29, 0.717) is 25.4 Å². The lowest BCUT2D eigenvalue weighted by Gasteiger charge is -2.35. The fourth-order valence-electron chi connectivity index (χ4n) is 2.44. The summed E-state index contributed by atoms with van der Waals surface area (Å²) in [5.41, 5.74) is -0.775. The number of hydrogen-bond donors (Lipinski definition) is 2. The Labute approximate surface area is 101 Å². The average molecular weight is 240 g/mol. The highest BCUT2D eigenvalue weighted by atomic mass is 16.4. The smallest absolute Gasteiger partial charge is 0.317 e.